The minimum Gasteiger partial charge on any atom is -0.375 e. The first-order valence-electron chi connectivity index (χ1n) is 35.4. The maximum Gasteiger partial charge on any atom is 0.247 e. The van der Waals surface area contributed by atoms with E-state index in [1.807, 2.05) is 130 Å². The number of carbonyl (C=O) groups is 7. The number of fused-ring (bicyclic) bond motifs is 2. The number of hydrogen-bond donors (Lipinski definition) is 10. The van der Waals surface area contributed by atoms with E-state index in [-0.39, 0.29) is 98.4 Å². The highest BCUT2D eigenvalue weighted by Gasteiger charge is 2.49. The summed E-state index contributed by atoms with van der Waals surface area (Å²) in [5.41, 5.74) is 5.49. The first-order valence-corrected chi connectivity index (χ1v) is 35.4. The number of hydrogen-bond acceptors (Lipinski definition) is 14. The average Bonchev–Trinajstić information content (AvgIpc) is 1.66. The maximum atomic E-state index is 14.8. The molecule has 9 rings (SSSR count). The Hall–Kier alpha value is -7.89. The van der Waals surface area contributed by atoms with Crippen LogP contribution in [0.2, 0.25) is 0 Å². The number of amides is 7. The summed E-state index contributed by atoms with van der Waals surface area (Å²) in [5.74, 6) is -1.85. The second-order valence-corrected chi connectivity index (χ2v) is 26.3. The zero-order chi connectivity index (χ0) is 68.3. The van der Waals surface area contributed by atoms with E-state index >= 15 is 0 Å². The summed E-state index contributed by atoms with van der Waals surface area (Å²) >= 11 is 0. The summed E-state index contributed by atoms with van der Waals surface area (Å²) in [6, 6.07) is 41.6. The highest BCUT2D eigenvalue weighted by Crippen LogP contribution is 2.37. The fraction of sp³-hybridized carbons (Fsp3) is 0.513. The molecule has 4 saturated heterocycles. The first kappa shape index (κ1) is 73.4. The third kappa shape index (κ3) is 21.1. The molecular formula is C76H104N12O9. The van der Waals surface area contributed by atoms with Gasteiger partial charge in [-0.2, -0.15) is 0 Å². The highest BCUT2D eigenvalue weighted by molar-refractivity contribution is 5.96. The molecule has 97 heavy (non-hydrogen) atoms. The fourth-order valence-electron chi connectivity index (χ4n) is 14.5. The van der Waals surface area contributed by atoms with Crippen molar-refractivity contribution in [2.24, 2.45) is 11.8 Å². The van der Waals surface area contributed by atoms with E-state index in [0.29, 0.717) is 88.7 Å². The second-order valence-electron chi connectivity index (χ2n) is 26.3. The number of benzene rings is 5. The van der Waals surface area contributed by atoms with Crippen molar-refractivity contribution in [2.45, 2.75) is 178 Å². The lowest BCUT2D eigenvalue weighted by Gasteiger charge is -2.33. The summed E-state index contributed by atoms with van der Waals surface area (Å²) < 4.78 is 12.0. The molecule has 4 fully saturated rings. The van der Waals surface area contributed by atoms with Crippen molar-refractivity contribution in [1.29, 1.82) is 0 Å². The SMILES string of the molecule is CC[C@H](NC)C(=O)N[C@@H]1C(=O)N2[C@@H](CC[C@@H]1CCNCc1ccccc1)CC[C@H]2C(=O)N[C@H](C(=O)NCCOCc1ccc(COCCNC(=O)[C@@H](NC(=O)[C@@H]2CC[C@@H]3CC[C@H](CCNCc4ccccc4)[C@H](NC(=O)[C@H](CC)NC)CN32)c2ccccc2)cc1)c1ccccc1. The van der Waals surface area contributed by atoms with Gasteiger partial charge in [-0.3, -0.25) is 38.5 Å². The third-order valence-electron chi connectivity index (χ3n) is 20.0. The minimum absolute atomic E-state index is 0.0317. The van der Waals surface area contributed by atoms with Crippen LogP contribution < -0.4 is 53.2 Å². The molecule has 4 aliphatic heterocycles. The largest absolute Gasteiger partial charge is 0.375 e. The molecule has 7 amide bonds. The molecule has 10 N–H and O–H groups in total. The standard InChI is InChI=1S/C76H104N12O9/c1-5-62(77-3)70(89)83-64-49-87-60(33-31-56(64)39-41-79-47-52-19-11-7-12-20-52)35-37-65(87)72(91)84-67(57-23-15-9-16-24-57)74(93)81-43-45-96-50-54-27-29-55(30-28-54)51-97-46-44-82-75(94)68(58-25-17-10-18-26-58)85-73(92)66-38-36-61-34-32-59(40-42-80-48-53-21-13-8-14-22-53)69(76(95)88(61)66)86-71(90)63(6-2)78-4/h7-30,56,59-69,77-80H,5-6,31-51H2,1-4H3,(H,81,93)(H,82,94)(H,83,89)(H,84,91)(H,85,92)(H,86,90)/t56-,59-,60+,61+,62+,63+,64-,65+,66+,67+,68+,69+/m1/s1. The predicted molar refractivity (Wildman–Crippen MR) is 375 cm³/mol. The number of carbonyl (C=O) groups excluding carboxylic acids is 7. The number of nitrogens with one attached hydrogen (secondary N) is 10. The van der Waals surface area contributed by atoms with Gasteiger partial charge in [-0.15, -0.1) is 0 Å². The highest BCUT2D eigenvalue weighted by atomic mass is 16.5. The molecule has 0 aromatic heterocycles. The lowest BCUT2D eigenvalue weighted by molar-refractivity contribution is -0.144. The van der Waals surface area contributed by atoms with E-state index in [2.05, 4.69) is 82.3 Å². The van der Waals surface area contributed by atoms with Crippen molar-refractivity contribution >= 4 is 41.4 Å². The number of likely N-dealkylation sites (N-methyl/N-ethyl adjacent to an activating group) is 2. The Morgan fingerprint density at radius 2 is 0.907 bits per heavy atom. The Labute approximate surface area is 573 Å². The summed E-state index contributed by atoms with van der Waals surface area (Å²) in [5, 5.41) is 31.9. The number of rotatable bonds is 36. The Morgan fingerprint density at radius 1 is 0.474 bits per heavy atom. The van der Waals surface area contributed by atoms with Crippen molar-refractivity contribution in [3.63, 3.8) is 0 Å². The predicted octanol–water partition coefficient (Wildman–Crippen LogP) is 6.01. The van der Waals surface area contributed by atoms with Gasteiger partial charge in [0.05, 0.1) is 44.6 Å². The van der Waals surface area contributed by atoms with Crippen LogP contribution in [0.15, 0.2) is 146 Å². The van der Waals surface area contributed by atoms with Gasteiger partial charge in [-0.25, -0.2) is 0 Å². The van der Waals surface area contributed by atoms with Crippen LogP contribution in [0, 0.1) is 11.8 Å². The van der Waals surface area contributed by atoms with E-state index in [1.54, 1.807) is 24.1 Å². The molecule has 21 heteroatoms. The quantitative estimate of drug-likeness (QED) is 0.0206. The van der Waals surface area contributed by atoms with Crippen LogP contribution in [-0.2, 0) is 69.3 Å². The molecule has 12 atom stereocenters. The Bertz CT molecular complexity index is 3260. The molecule has 5 aromatic rings. The molecule has 0 spiro atoms. The van der Waals surface area contributed by atoms with Gasteiger partial charge in [-0.1, -0.05) is 159 Å². The third-order valence-corrected chi connectivity index (χ3v) is 20.0. The van der Waals surface area contributed by atoms with Gasteiger partial charge in [0.15, 0.2) is 0 Å². The van der Waals surface area contributed by atoms with E-state index < -0.39 is 48.1 Å². The molecule has 0 aliphatic carbocycles. The van der Waals surface area contributed by atoms with Crippen LogP contribution in [0.25, 0.3) is 0 Å². The van der Waals surface area contributed by atoms with Crippen LogP contribution in [0.4, 0.5) is 0 Å². The van der Waals surface area contributed by atoms with Crippen molar-refractivity contribution in [2.75, 3.05) is 60.0 Å². The molecule has 21 nitrogen and oxygen atoms in total. The molecule has 0 radical (unpaired) electrons. The van der Waals surface area contributed by atoms with Crippen molar-refractivity contribution in [1.82, 2.24) is 63.0 Å². The molecule has 5 aromatic carbocycles. The first-order chi connectivity index (χ1) is 47.3. The van der Waals surface area contributed by atoms with Gasteiger partial charge in [0.25, 0.3) is 0 Å². The van der Waals surface area contributed by atoms with Crippen molar-refractivity contribution in [3.05, 3.63) is 179 Å². The molecule has 4 aliphatic rings. The molecule has 4 heterocycles. The molecule has 0 bridgehead atoms. The van der Waals surface area contributed by atoms with Crippen molar-refractivity contribution in [3.8, 4) is 0 Å². The molecule has 0 saturated carbocycles. The monoisotopic (exact) mass is 1330 g/mol. The van der Waals surface area contributed by atoms with Gasteiger partial charge in [0, 0.05) is 50.8 Å². The van der Waals surface area contributed by atoms with E-state index in [9.17, 15) is 33.6 Å². The number of nitrogens with zero attached hydrogens (tertiary/aromatic N) is 2. The van der Waals surface area contributed by atoms with Crippen LogP contribution >= 0.6 is 0 Å². The Kier molecular flexibility index (Phi) is 29.0. The maximum absolute atomic E-state index is 14.8. The topological polar surface area (TPSA) is 265 Å². The molecule has 522 valence electrons. The van der Waals surface area contributed by atoms with Crippen LogP contribution in [0.3, 0.4) is 0 Å². The van der Waals surface area contributed by atoms with Crippen LogP contribution in [0.5, 0.6) is 0 Å². The smallest absolute Gasteiger partial charge is 0.247 e. The van der Waals surface area contributed by atoms with E-state index in [0.717, 1.165) is 55.5 Å². The summed E-state index contributed by atoms with van der Waals surface area (Å²) in [4.78, 5) is 103. The van der Waals surface area contributed by atoms with Gasteiger partial charge in [-0.05, 0) is 149 Å². The van der Waals surface area contributed by atoms with E-state index in [4.69, 9.17) is 9.47 Å². The van der Waals surface area contributed by atoms with Gasteiger partial charge in [0.1, 0.15) is 24.2 Å². The number of ether oxygens (including phenoxy) is 2. The molecule has 0 unspecified atom stereocenters. The lowest BCUT2D eigenvalue weighted by Crippen LogP contribution is -2.58. The zero-order valence-corrected chi connectivity index (χ0v) is 57.1. The zero-order valence-electron chi connectivity index (χ0n) is 57.1. The summed E-state index contributed by atoms with van der Waals surface area (Å²) in [7, 11) is 3.54. The van der Waals surface area contributed by atoms with Gasteiger partial charge >= 0.3 is 0 Å². The normalized spacial score (nSPS) is 22.1. The summed E-state index contributed by atoms with van der Waals surface area (Å²) in [6.07, 6.45) is 8.61. The minimum atomic E-state index is -1.04. The van der Waals surface area contributed by atoms with Gasteiger partial charge in [0.2, 0.25) is 41.4 Å². The van der Waals surface area contributed by atoms with Crippen LogP contribution in [-0.4, -0.2) is 160 Å². The van der Waals surface area contributed by atoms with Gasteiger partial charge < -0.3 is 67.5 Å². The second kappa shape index (κ2) is 38.3. The average molecular weight is 1330 g/mol. The van der Waals surface area contributed by atoms with E-state index in [1.165, 1.54) is 5.56 Å². The fourth-order valence-corrected chi connectivity index (χ4v) is 14.5. The Morgan fingerprint density at radius 3 is 1.41 bits per heavy atom. The molecular weight excluding hydrogens is 1220 g/mol. The van der Waals surface area contributed by atoms with Crippen LogP contribution in [0.1, 0.15) is 136 Å². The van der Waals surface area contributed by atoms with Crippen molar-refractivity contribution < 1.29 is 43.0 Å². The summed E-state index contributed by atoms with van der Waals surface area (Å²) in [6.45, 7) is 8.80. The lowest BCUT2D eigenvalue weighted by atomic mass is 9.90. The Balaban J connectivity index is 0.716.